The summed E-state index contributed by atoms with van der Waals surface area (Å²) in [5, 5.41) is 33.0. The van der Waals surface area contributed by atoms with Crippen molar-refractivity contribution in [1.82, 2.24) is 10.2 Å². The second-order valence-corrected chi connectivity index (χ2v) is 5.83. The Morgan fingerprint density at radius 2 is 1.55 bits per heavy atom. The van der Waals surface area contributed by atoms with Gasteiger partial charge < -0.3 is 20.6 Å². The van der Waals surface area contributed by atoms with Crippen molar-refractivity contribution in [3.8, 4) is 17.2 Å². The molecule has 0 aromatic heterocycles. The van der Waals surface area contributed by atoms with Crippen LogP contribution in [0.5, 0.6) is 17.2 Å². The summed E-state index contributed by atoms with van der Waals surface area (Å²) in [6.45, 7) is 7.85. The van der Waals surface area contributed by atoms with Gasteiger partial charge in [-0.1, -0.05) is 13.8 Å². The Hall–Kier alpha value is -0.880. The third kappa shape index (κ3) is 5.09. The summed E-state index contributed by atoms with van der Waals surface area (Å²) in [7, 11) is 0. The van der Waals surface area contributed by atoms with E-state index in [1.54, 1.807) is 0 Å². The largest absolute Gasteiger partial charge is 0.508 e. The Morgan fingerprint density at radius 3 is 2.00 bits per heavy atom. The van der Waals surface area contributed by atoms with Crippen molar-refractivity contribution in [3.63, 3.8) is 0 Å². The quantitative estimate of drug-likeness (QED) is 0.670. The second kappa shape index (κ2) is 9.30. The maximum Gasteiger partial charge on any atom is 0.127 e. The molecule has 1 heterocycles. The zero-order chi connectivity index (χ0) is 14.7. The van der Waals surface area contributed by atoms with E-state index in [9.17, 15) is 15.3 Å². The Bertz CT molecular complexity index is 443. The van der Waals surface area contributed by atoms with Gasteiger partial charge in [0.15, 0.2) is 0 Å². The van der Waals surface area contributed by atoms with Gasteiger partial charge in [0.05, 0.1) is 5.56 Å². The molecular formula is C15H26Cl2N2O3. The van der Waals surface area contributed by atoms with Crippen molar-refractivity contribution in [2.75, 3.05) is 26.2 Å². The van der Waals surface area contributed by atoms with Crippen LogP contribution in [0.25, 0.3) is 0 Å². The average molecular weight is 353 g/mol. The molecule has 0 unspecified atom stereocenters. The first-order chi connectivity index (χ1) is 9.49. The van der Waals surface area contributed by atoms with E-state index in [1.807, 2.05) is 0 Å². The molecule has 1 atom stereocenters. The van der Waals surface area contributed by atoms with Crippen LogP contribution in [0.15, 0.2) is 12.1 Å². The minimum atomic E-state index is -0.118. The van der Waals surface area contributed by atoms with E-state index < -0.39 is 0 Å². The van der Waals surface area contributed by atoms with Crippen molar-refractivity contribution < 1.29 is 15.3 Å². The number of phenolic OH excluding ortho intramolecular Hbond substituents is 3. The lowest BCUT2D eigenvalue weighted by molar-refractivity contribution is 0.149. The van der Waals surface area contributed by atoms with E-state index in [0.29, 0.717) is 11.5 Å². The van der Waals surface area contributed by atoms with Crippen LogP contribution in [-0.4, -0.2) is 46.4 Å². The van der Waals surface area contributed by atoms with Gasteiger partial charge in [-0.15, -0.1) is 24.8 Å². The zero-order valence-electron chi connectivity index (χ0n) is 13.0. The van der Waals surface area contributed by atoms with E-state index >= 15 is 0 Å². The zero-order valence-corrected chi connectivity index (χ0v) is 14.6. The first kappa shape index (κ1) is 21.1. The average Bonchev–Trinajstić information content (AvgIpc) is 2.37. The molecule has 7 heteroatoms. The molecule has 0 bridgehead atoms. The van der Waals surface area contributed by atoms with E-state index in [2.05, 4.69) is 24.1 Å². The number of benzene rings is 1. The van der Waals surface area contributed by atoms with Crippen molar-refractivity contribution in [2.45, 2.75) is 26.3 Å². The molecule has 1 aliphatic rings. The summed E-state index contributed by atoms with van der Waals surface area (Å²) in [6, 6.07) is 2.56. The Labute approximate surface area is 144 Å². The maximum atomic E-state index is 10.1. The molecule has 1 aromatic rings. The number of piperazine rings is 1. The van der Waals surface area contributed by atoms with Crippen molar-refractivity contribution in [1.29, 1.82) is 0 Å². The van der Waals surface area contributed by atoms with Crippen LogP contribution in [0.3, 0.4) is 0 Å². The predicted molar refractivity (Wildman–Crippen MR) is 92.6 cm³/mol. The van der Waals surface area contributed by atoms with Crippen LogP contribution in [0, 0.1) is 5.92 Å². The molecule has 128 valence electrons. The minimum absolute atomic E-state index is 0. The first-order valence-electron chi connectivity index (χ1n) is 7.18. The summed E-state index contributed by atoms with van der Waals surface area (Å²) in [5.41, 5.74) is 0.526. The van der Waals surface area contributed by atoms with Crippen LogP contribution in [-0.2, 0) is 0 Å². The molecule has 22 heavy (non-hydrogen) atoms. The Kier molecular flexibility index (Phi) is 8.93. The maximum absolute atomic E-state index is 10.1. The number of nitrogens with zero attached hydrogens (tertiary/aromatic N) is 1. The fraction of sp³-hybridized carbons (Fsp3) is 0.600. The SMILES string of the molecule is CC(C)C[C@H](c1c(O)cc(O)cc1O)N1CCNCC1.Cl.Cl. The van der Waals surface area contributed by atoms with Gasteiger partial charge in [-0.3, -0.25) is 4.90 Å². The van der Waals surface area contributed by atoms with Crippen molar-refractivity contribution in [3.05, 3.63) is 17.7 Å². The minimum Gasteiger partial charge on any atom is -0.508 e. The summed E-state index contributed by atoms with van der Waals surface area (Å²) in [6.07, 6.45) is 0.853. The summed E-state index contributed by atoms with van der Waals surface area (Å²) in [4.78, 5) is 2.28. The number of rotatable bonds is 4. The molecule has 0 amide bonds. The molecule has 0 saturated carbocycles. The van der Waals surface area contributed by atoms with Crippen LogP contribution < -0.4 is 5.32 Å². The molecule has 1 fully saturated rings. The van der Waals surface area contributed by atoms with Crippen LogP contribution in [0.1, 0.15) is 31.9 Å². The highest BCUT2D eigenvalue weighted by atomic mass is 35.5. The first-order valence-corrected chi connectivity index (χ1v) is 7.18. The van der Waals surface area contributed by atoms with Gasteiger partial charge in [-0.2, -0.15) is 0 Å². The van der Waals surface area contributed by atoms with Crippen LogP contribution in [0.4, 0.5) is 0 Å². The smallest absolute Gasteiger partial charge is 0.127 e. The van der Waals surface area contributed by atoms with Crippen molar-refractivity contribution >= 4 is 24.8 Å². The normalized spacial score (nSPS) is 16.7. The van der Waals surface area contributed by atoms with E-state index in [4.69, 9.17) is 0 Å². The molecule has 1 aromatic carbocycles. The van der Waals surface area contributed by atoms with E-state index in [0.717, 1.165) is 32.6 Å². The van der Waals surface area contributed by atoms with Gasteiger partial charge in [-0.05, 0) is 12.3 Å². The molecule has 1 saturated heterocycles. The summed E-state index contributed by atoms with van der Waals surface area (Å²) >= 11 is 0. The fourth-order valence-electron chi connectivity index (χ4n) is 2.84. The summed E-state index contributed by atoms with van der Waals surface area (Å²) < 4.78 is 0. The molecule has 0 spiro atoms. The number of nitrogens with one attached hydrogen (secondary N) is 1. The van der Waals surface area contributed by atoms with Crippen LogP contribution in [0.2, 0.25) is 0 Å². The number of phenols is 3. The Morgan fingerprint density at radius 1 is 1.05 bits per heavy atom. The fourth-order valence-corrected chi connectivity index (χ4v) is 2.84. The molecule has 1 aliphatic heterocycles. The van der Waals surface area contributed by atoms with Gasteiger partial charge in [0.2, 0.25) is 0 Å². The van der Waals surface area contributed by atoms with Gasteiger partial charge in [0.25, 0.3) is 0 Å². The molecular weight excluding hydrogens is 327 g/mol. The van der Waals surface area contributed by atoms with Crippen molar-refractivity contribution in [2.24, 2.45) is 5.92 Å². The lowest BCUT2D eigenvalue weighted by Crippen LogP contribution is -2.45. The second-order valence-electron chi connectivity index (χ2n) is 5.83. The van der Waals surface area contributed by atoms with Gasteiger partial charge in [-0.25, -0.2) is 0 Å². The highest BCUT2D eigenvalue weighted by Crippen LogP contribution is 2.41. The standard InChI is InChI=1S/C15H24N2O3.2ClH/c1-10(2)7-12(17-5-3-16-4-6-17)15-13(19)8-11(18)9-14(15)20;;/h8-10,12,16,18-20H,3-7H2,1-2H3;2*1H/t12-;;/m1../s1. The van der Waals surface area contributed by atoms with E-state index in [1.165, 1.54) is 12.1 Å². The highest BCUT2D eigenvalue weighted by Gasteiger charge is 2.28. The highest BCUT2D eigenvalue weighted by molar-refractivity contribution is 5.85. The topological polar surface area (TPSA) is 76.0 Å². The number of halogens is 2. The predicted octanol–water partition coefficient (Wildman–Crippen LogP) is 2.64. The Balaban J connectivity index is 0.00000220. The lowest BCUT2D eigenvalue weighted by Gasteiger charge is -2.36. The molecule has 4 N–H and O–H groups in total. The van der Waals surface area contributed by atoms with Gasteiger partial charge in [0, 0.05) is 44.4 Å². The number of aromatic hydroxyl groups is 3. The van der Waals surface area contributed by atoms with Crippen LogP contribution >= 0.6 is 24.8 Å². The lowest BCUT2D eigenvalue weighted by atomic mass is 9.93. The van der Waals surface area contributed by atoms with Gasteiger partial charge in [0.1, 0.15) is 17.2 Å². The monoisotopic (exact) mass is 352 g/mol. The number of hydrogen-bond acceptors (Lipinski definition) is 5. The summed E-state index contributed by atoms with van der Waals surface area (Å²) in [5.74, 6) is 0.258. The molecule has 2 rings (SSSR count). The number of hydrogen-bond donors (Lipinski definition) is 4. The third-order valence-electron chi connectivity index (χ3n) is 3.74. The molecule has 0 radical (unpaired) electrons. The van der Waals surface area contributed by atoms with Gasteiger partial charge >= 0.3 is 0 Å². The molecule has 5 nitrogen and oxygen atoms in total. The van der Waals surface area contributed by atoms with E-state index in [-0.39, 0.29) is 48.1 Å². The third-order valence-corrected chi connectivity index (χ3v) is 3.74. The molecule has 0 aliphatic carbocycles.